The van der Waals surface area contributed by atoms with Crippen molar-refractivity contribution in [2.45, 2.75) is 25.4 Å². The van der Waals surface area contributed by atoms with Crippen LogP contribution in [-0.2, 0) is 4.79 Å². The number of benzene rings is 1. The summed E-state index contributed by atoms with van der Waals surface area (Å²) >= 11 is 0. The number of amides is 1. The zero-order valence-electron chi connectivity index (χ0n) is 14.9. The normalized spacial score (nSPS) is 22.3. The van der Waals surface area contributed by atoms with E-state index in [1.54, 1.807) is 37.3 Å². The smallest absolute Gasteiger partial charge is 0.338 e. The van der Waals surface area contributed by atoms with E-state index in [1.807, 2.05) is 4.90 Å². The fourth-order valence-corrected chi connectivity index (χ4v) is 3.89. The van der Waals surface area contributed by atoms with E-state index < -0.39 is 17.2 Å². The highest BCUT2D eigenvalue weighted by Crippen LogP contribution is 2.27. The fraction of sp³-hybridized carbons (Fsp3) is 0.368. The molecule has 1 amide bonds. The molecule has 2 saturated heterocycles. The number of aromatic nitrogens is 2. The summed E-state index contributed by atoms with van der Waals surface area (Å²) in [5.74, 6) is -0.657. The number of hydrogen-bond donors (Lipinski definition) is 1. The molecule has 0 spiro atoms. The van der Waals surface area contributed by atoms with Gasteiger partial charge in [0.1, 0.15) is 0 Å². The van der Waals surface area contributed by atoms with Crippen LogP contribution in [0.3, 0.4) is 0 Å². The molecule has 0 saturated carbocycles. The zero-order valence-corrected chi connectivity index (χ0v) is 14.9. The number of carbonyl (C=O) groups is 2. The van der Waals surface area contributed by atoms with E-state index in [4.69, 9.17) is 0 Å². The van der Waals surface area contributed by atoms with Crippen LogP contribution < -0.4 is 16.6 Å². The van der Waals surface area contributed by atoms with Gasteiger partial charge in [0.05, 0.1) is 12.6 Å². The van der Waals surface area contributed by atoms with Crippen molar-refractivity contribution < 1.29 is 9.59 Å². The largest absolute Gasteiger partial charge is 0.353 e. The van der Waals surface area contributed by atoms with Crippen LogP contribution in [0.25, 0.3) is 0 Å². The molecule has 2 aliphatic rings. The highest BCUT2D eigenvalue weighted by Gasteiger charge is 2.37. The maximum absolute atomic E-state index is 13.0. The summed E-state index contributed by atoms with van der Waals surface area (Å²) in [7, 11) is 0. The first-order valence-corrected chi connectivity index (χ1v) is 8.91. The Balaban J connectivity index is 1.74. The van der Waals surface area contributed by atoms with Gasteiger partial charge in [-0.3, -0.25) is 23.9 Å². The maximum Gasteiger partial charge on any atom is 0.338 e. The van der Waals surface area contributed by atoms with E-state index >= 15 is 0 Å². The Morgan fingerprint density at radius 1 is 1.11 bits per heavy atom. The molecule has 0 bridgehead atoms. The highest BCUT2D eigenvalue weighted by atomic mass is 16.2. The van der Waals surface area contributed by atoms with E-state index in [-0.39, 0.29) is 23.6 Å². The first-order chi connectivity index (χ1) is 13.0. The van der Waals surface area contributed by atoms with Crippen LogP contribution in [0, 0.1) is 6.92 Å². The molecular formula is C19H20N4O4. The van der Waals surface area contributed by atoms with E-state index in [0.717, 1.165) is 0 Å². The van der Waals surface area contributed by atoms with Crippen molar-refractivity contribution in [2.75, 3.05) is 19.6 Å². The number of carbonyl (C=O) groups excluding carboxylic acids is 2. The molecule has 2 atom stereocenters. The van der Waals surface area contributed by atoms with Crippen molar-refractivity contribution in [1.82, 2.24) is 19.4 Å². The van der Waals surface area contributed by atoms with Gasteiger partial charge in [-0.25, -0.2) is 4.79 Å². The third-order valence-electron chi connectivity index (χ3n) is 5.29. The molecule has 0 unspecified atom stereocenters. The Morgan fingerprint density at radius 2 is 1.85 bits per heavy atom. The lowest BCUT2D eigenvalue weighted by Gasteiger charge is -2.28. The lowest BCUT2D eigenvalue weighted by molar-refractivity contribution is -0.124. The molecule has 1 aromatic carbocycles. The van der Waals surface area contributed by atoms with Gasteiger partial charge in [0.2, 0.25) is 5.91 Å². The SMILES string of the molecule is Cc1cn([C@@H]2C[C@@H]3CNC(=O)CN3C2)c(=O)n(C(=O)c2ccccc2)c1=O. The number of nitrogens with one attached hydrogen (secondary N) is 1. The standard InChI is InChI=1S/C19H20N4O4/c1-12-9-22(15-7-14-8-20-16(24)11-21(14)10-15)19(27)23(17(12)25)18(26)13-5-3-2-4-6-13/h2-6,9,14-15H,7-8,10-11H2,1H3,(H,20,24)/t14-,15-/m1/s1. The Hall–Kier alpha value is -3.00. The maximum atomic E-state index is 13.0. The summed E-state index contributed by atoms with van der Waals surface area (Å²) in [6.45, 7) is 2.98. The number of fused-ring (bicyclic) bond motifs is 1. The highest BCUT2D eigenvalue weighted by molar-refractivity contribution is 5.95. The molecule has 8 nitrogen and oxygen atoms in total. The lowest BCUT2D eigenvalue weighted by atomic mass is 10.1. The van der Waals surface area contributed by atoms with Crippen molar-refractivity contribution in [1.29, 1.82) is 0 Å². The first-order valence-electron chi connectivity index (χ1n) is 8.91. The van der Waals surface area contributed by atoms with E-state index in [0.29, 0.717) is 36.2 Å². The van der Waals surface area contributed by atoms with E-state index in [2.05, 4.69) is 5.32 Å². The van der Waals surface area contributed by atoms with Crippen molar-refractivity contribution in [3.8, 4) is 0 Å². The quantitative estimate of drug-likeness (QED) is 0.789. The molecule has 4 rings (SSSR count). The van der Waals surface area contributed by atoms with Gasteiger partial charge in [0.25, 0.3) is 11.5 Å². The minimum atomic E-state index is -0.636. The Bertz CT molecular complexity index is 1020. The molecule has 0 aliphatic carbocycles. The molecule has 0 radical (unpaired) electrons. The molecule has 2 fully saturated rings. The monoisotopic (exact) mass is 368 g/mol. The summed E-state index contributed by atoms with van der Waals surface area (Å²) in [5.41, 5.74) is -0.619. The van der Waals surface area contributed by atoms with Gasteiger partial charge in [-0.1, -0.05) is 18.2 Å². The lowest BCUT2D eigenvalue weighted by Crippen LogP contribution is -2.51. The predicted octanol–water partition coefficient (Wildman–Crippen LogP) is -0.248. The number of rotatable bonds is 2. The van der Waals surface area contributed by atoms with Crippen LogP contribution in [0.5, 0.6) is 0 Å². The minimum absolute atomic E-state index is 0.0281. The van der Waals surface area contributed by atoms with Crippen LogP contribution in [-0.4, -0.2) is 51.5 Å². The molecular weight excluding hydrogens is 348 g/mol. The third-order valence-corrected chi connectivity index (χ3v) is 5.29. The average Bonchev–Trinajstić information content (AvgIpc) is 3.08. The average molecular weight is 368 g/mol. The van der Waals surface area contributed by atoms with Gasteiger partial charge in [-0.2, -0.15) is 4.57 Å². The molecule has 140 valence electrons. The van der Waals surface area contributed by atoms with Gasteiger partial charge in [0.15, 0.2) is 0 Å². The number of aryl methyl sites for hydroxylation is 1. The molecule has 1 N–H and O–H groups in total. The molecule has 8 heteroatoms. The predicted molar refractivity (Wildman–Crippen MR) is 97.9 cm³/mol. The fourth-order valence-electron chi connectivity index (χ4n) is 3.89. The van der Waals surface area contributed by atoms with Gasteiger partial charge in [-0.05, 0) is 25.5 Å². The van der Waals surface area contributed by atoms with E-state index in [9.17, 15) is 19.2 Å². The molecule has 2 aliphatic heterocycles. The second-order valence-corrected chi connectivity index (χ2v) is 7.09. The van der Waals surface area contributed by atoms with Crippen molar-refractivity contribution in [2.24, 2.45) is 0 Å². The molecule has 2 aromatic rings. The topological polar surface area (TPSA) is 93.4 Å². The van der Waals surface area contributed by atoms with Crippen LogP contribution in [0.15, 0.2) is 46.1 Å². The summed E-state index contributed by atoms with van der Waals surface area (Å²) in [6.07, 6.45) is 2.20. The Labute approximate surface area is 155 Å². The number of hydrogen-bond acceptors (Lipinski definition) is 5. The second-order valence-electron chi connectivity index (χ2n) is 7.09. The second kappa shape index (κ2) is 6.62. The van der Waals surface area contributed by atoms with E-state index in [1.165, 1.54) is 10.8 Å². The van der Waals surface area contributed by atoms with Gasteiger partial charge >= 0.3 is 5.69 Å². The van der Waals surface area contributed by atoms with Crippen LogP contribution in [0.2, 0.25) is 0 Å². The molecule has 1 aromatic heterocycles. The molecule has 3 heterocycles. The summed E-state index contributed by atoms with van der Waals surface area (Å²) in [6, 6.07) is 8.26. The Kier molecular flexibility index (Phi) is 4.27. The number of nitrogens with zero attached hydrogens (tertiary/aromatic N) is 3. The minimum Gasteiger partial charge on any atom is -0.353 e. The van der Waals surface area contributed by atoms with Gasteiger partial charge < -0.3 is 5.32 Å². The summed E-state index contributed by atoms with van der Waals surface area (Å²) < 4.78 is 2.19. The zero-order chi connectivity index (χ0) is 19.1. The first kappa shape index (κ1) is 17.4. The van der Waals surface area contributed by atoms with Crippen molar-refractivity contribution >= 4 is 11.8 Å². The molecule has 27 heavy (non-hydrogen) atoms. The van der Waals surface area contributed by atoms with Crippen molar-refractivity contribution in [3.63, 3.8) is 0 Å². The van der Waals surface area contributed by atoms with Crippen molar-refractivity contribution in [3.05, 3.63) is 68.5 Å². The summed E-state index contributed by atoms with van der Waals surface area (Å²) in [5, 5.41) is 2.83. The van der Waals surface area contributed by atoms with Crippen LogP contribution in [0.4, 0.5) is 0 Å². The van der Waals surface area contributed by atoms with Crippen LogP contribution in [0.1, 0.15) is 28.4 Å². The third kappa shape index (κ3) is 3.02. The Morgan fingerprint density at radius 3 is 2.59 bits per heavy atom. The summed E-state index contributed by atoms with van der Waals surface area (Å²) in [4.78, 5) is 52.0. The van der Waals surface area contributed by atoms with Gasteiger partial charge in [-0.15, -0.1) is 0 Å². The number of piperazine rings is 1. The van der Waals surface area contributed by atoms with Crippen LogP contribution >= 0.6 is 0 Å². The van der Waals surface area contributed by atoms with Gasteiger partial charge in [0, 0.05) is 36.5 Å².